The summed E-state index contributed by atoms with van der Waals surface area (Å²) in [6.07, 6.45) is 0. The molecule has 2 aromatic heterocycles. The van der Waals surface area contributed by atoms with Gasteiger partial charge in [0.15, 0.2) is 0 Å². The molecule has 3 rings (SSSR count). The molecule has 1 unspecified atom stereocenters. The molecule has 1 atom stereocenters. The Hall–Kier alpha value is -2.49. The molecule has 0 saturated carbocycles. The van der Waals surface area contributed by atoms with Crippen molar-refractivity contribution in [3.63, 3.8) is 0 Å². The van der Waals surface area contributed by atoms with Crippen LogP contribution >= 0.6 is 0 Å². The lowest BCUT2D eigenvalue weighted by atomic mass is 10.1. The van der Waals surface area contributed by atoms with Crippen LogP contribution in [0.3, 0.4) is 0 Å². The first-order valence-corrected chi connectivity index (χ1v) is 6.58. The number of aromatic amines is 1. The molecule has 0 bridgehead atoms. The van der Waals surface area contributed by atoms with Gasteiger partial charge < -0.3 is 14.7 Å². The molecule has 2 N–H and O–H groups in total. The topological polar surface area (TPSA) is 58.0 Å². The van der Waals surface area contributed by atoms with Gasteiger partial charge in [-0.15, -0.1) is 0 Å². The van der Waals surface area contributed by atoms with E-state index in [0.29, 0.717) is 11.2 Å². The van der Waals surface area contributed by atoms with Crippen molar-refractivity contribution >= 4 is 16.6 Å². The summed E-state index contributed by atoms with van der Waals surface area (Å²) in [5.41, 5.74) is -0.0894. The van der Waals surface area contributed by atoms with Gasteiger partial charge in [-0.3, -0.25) is 4.79 Å². The molecule has 4 nitrogen and oxygen atoms in total. The van der Waals surface area contributed by atoms with Crippen LogP contribution in [-0.2, 0) is 0 Å². The van der Waals surface area contributed by atoms with Gasteiger partial charge in [-0.2, -0.15) is 0 Å². The smallest absolute Gasteiger partial charge is 0.257 e. The van der Waals surface area contributed by atoms with Crippen LogP contribution in [0.4, 0.5) is 5.82 Å². The van der Waals surface area contributed by atoms with E-state index >= 15 is 0 Å². The van der Waals surface area contributed by atoms with Crippen LogP contribution in [0.15, 0.2) is 51.7 Å². The highest BCUT2D eigenvalue weighted by Crippen LogP contribution is 2.21. The van der Waals surface area contributed by atoms with Crippen molar-refractivity contribution in [3.8, 4) is 0 Å². The SMILES string of the molecule is Cc1ccc(C(C)Nc2cc3ccccc3c(=O)[nH]2)o1. The van der Waals surface area contributed by atoms with Gasteiger partial charge in [0.1, 0.15) is 17.3 Å². The number of pyridine rings is 1. The molecular formula is C16H16N2O2. The summed E-state index contributed by atoms with van der Waals surface area (Å²) >= 11 is 0. The van der Waals surface area contributed by atoms with Crippen LogP contribution < -0.4 is 10.9 Å². The molecule has 0 amide bonds. The number of anilines is 1. The second-order valence-electron chi connectivity index (χ2n) is 4.91. The van der Waals surface area contributed by atoms with E-state index in [4.69, 9.17) is 4.42 Å². The van der Waals surface area contributed by atoms with Crippen LogP contribution in [0.5, 0.6) is 0 Å². The van der Waals surface area contributed by atoms with Crippen molar-refractivity contribution in [2.45, 2.75) is 19.9 Å². The molecule has 0 aliphatic rings. The third-order valence-electron chi connectivity index (χ3n) is 3.31. The maximum absolute atomic E-state index is 12.0. The van der Waals surface area contributed by atoms with E-state index in [1.54, 1.807) is 0 Å². The monoisotopic (exact) mass is 268 g/mol. The Morgan fingerprint density at radius 3 is 2.75 bits per heavy atom. The van der Waals surface area contributed by atoms with Gasteiger partial charge in [0.2, 0.25) is 0 Å². The third-order valence-corrected chi connectivity index (χ3v) is 3.31. The van der Waals surface area contributed by atoms with Crippen LogP contribution in [-0.4, -0.2) is 4.98 Å². The molecule has 2 heterocycles. The summed E-state index contributed by atoms with van der Waals surface area (Å²) in [4.78, 5) is 14.9. The fourth-order valence-corrected chi connectivity index (χ4v) is 2.28. The first-order chi connectivity index (χ1) is 9.63. The van der Waals surface area contributed by atoms with Gasteiger partial charge in [0.05, 0.1) is 6.04 Å². The number of fused-ring (bicyclic) bond motifs is 1. The Kier molecular flexibility index (Phi) is 3.06. The van der Waals surface area contributed by atoms with Crippen molar-refractivity contribution in [2.75, 3.05) is 5.32 Å². The zero-order chi connectivity index (χ0) is 14.1. The maximum atomic E-state index is 12.0. The lowest BCUT2D eigenvalue weighted by molar-refractivity contribution is 0.466. The number of hydrogen-bond acceptors (Lipinski definition) is 3. The minimum atomic E-state index is -0.0894. The van der Waals surface area contributed by atoms with Crippen LogP contribution in [0.1, 0.15) is 24.5 Å². The van der Waals surface area contributed by atoms with Crippen LogP contribution in [0.2, 0.25) is 0 Å². The van der Waals surface area contributed by atoms with Crippen molar-refractivity contribution in [1.82, 2.24) is 4.98 Å². The van der Waals surface area contributed by atoms with E-state index in [2.05, 4.69) is 10.3 Å². The first-order valence-electron chi connectivity index (χ1n) is 6.58. The van der Waals surface area contributed by atoms with E-state index in [-0.39, 0.29) is 11.6 Å². The van der Waals surface area contributed by atoms with E-state index in [1.165, 1.54) is 0 Å². The number of rotatable bonds is 3. The summed E-state index contributed by atoms with van der Waals surface area (Å²) in [5.74, 6) is 2.41. The molecule has 3 aromatic rings. The Balaban J connectivity index is 1.93. The number of aromatic nitrogens is 1. The number of hydrogen-bond donors (Lipinski definition) is 2. The molecular weight excluding hydrogens is 252 g/mol. The van der Waals surface area contributed by atoms with Gasteiger partial charge in [-0.1, -0.05) is 18.2 Å². The highest BCUT2D eigenvalue weighted by atomic mass is 16.3. The number of benzene rings is 1. The number of nitrogens with one attached hydrogen (secondary N) is 2. The van der Waals surface area contributed by atoms with Crippen molar-refractivity contribution in [1.29, 1.82) is 0 Å². The second kappa shape index (κ2) is 4.89. The highest BCUT2D eigenvalue weighted by molar-refractivity contribution is 5.83. The lowest BCUT2D eigenvalue weighted by Crippen LogP contribution is -2.13. The lowest BCUT2D eigenvalue weighted by Gasteiger charge is -2.13. The standard InChI is InChI=1S/C16H16N2O2/c1-10-7-8-14(20-10)11(2)17-15-9-12-5-3-4-6-13(12)16(19)18-15/h3-9,11H,1-2H3,(H2,17,18,19). The molecule has 102 valence electrons. The summed E-state index contributed by atoms with van der Waals surface area (Å²) in [6.45, 7) is 3.90. The number of furan rings is 1. The average Bonchev–Trinajstić information content (AvgIpc) is 2.86. The summed E-state index contributed by atoms with van der Waals surface area (Å²) in [7, 11) is 0. The molecule has 0 fully saturated rings. The van der Waals surface area contributed by atoms with Crippen LogP contribution in [0.25, 0.3) is 10.8 Å². The molecule has 1 aromatic carbocycles. The minimum absolute atomic E-state index is 0.0134. The zero-order valence-corrected chi connectivity index (χ0v) is 11.4. The highest BCUT2D eigenvalue weighted by Gasteiger charge is 2.10. The van der Waals surface area contributed by atoms with Gasteiger partial charge in [-0.25, -0.2) is 0 Å². The predicted octanol–water partition coefficient (Wildman–Crippen LogP) is 3.60. The van der Waals surface area contributed by atoms with Gasteiger partial charge >= 0.3 is 0 Å². The van der Waals surface area contributed by atoms with Crippen molar-refractivity contribution in [2.24, 2.45) is 0 Å². The quantitative estimate of drug-likeness (QED) is 0.763. The van der Waals surface area contributed by atoms with E-state index in [1.807, 2.05) is 56.3 Å². The predicted molar refractivity (Wildman–Crippen MR) is 80.1 cm³/mol. The molecule has 0 spiro atoms. The van der Waals surface area contributed by atoms with E-state index < -0.39 is 0 Å². The second-order valence-corrected chi connectivity index (χ2v) is 4.91. The molecule has 20 heavy (non-hydrogen) atoms. The number of H-pyrrole nitrogens is 1. The van der Waals surface area contributed by atoms with Crippen molar-refractivity contribution in [3.05, 3.63) is 64.3 Å². The first kappa shape index (κ1) is 12.5. The molecule has 0 saturated heterocycles. The molecule has 4 heteroatoms. The van der Waals surface area contributed by atoms with E-state index in [0.717, 1.165) is 16.9 Å². The summed E-state index contributed by atoms with van der Waals surface area (Å²) in [6, 6.07) is 13.3. The van der Waals surface area contributed by atoms with Gasteiger partial charge in [0.25, 0.3) is 5.56 Å². The summed E-state index contributed by atoms with van der Waals surface area (Å²) < 4.78 is 5.58. The molecule has 0 aliphatic carbocycles. The maximum Gasteiger partial charge on any atom is 0.257 e. The fraction of sp³-hybridized carbons (Fsp3) is 0.188. The third kappa shape index (κ3) is 2.32. The van der Waals surface area contributed by atoms with Crippen LogP contribution in [0, 0.1) is 6.92 Å². The Morgan fingerprint density at radius 2 is 2.00 bits per heavy atom. The fourth-order valence-electron chi connectivity index (χ4n) is 2.28. The normalized spacial score (nSPS) is 12.5. The molecule has 0 radical (unpaired) electrons. The largest absolute Gasteiger partial charge is 0.464 e. The Morgan fingerprint density at radius 1 is 1.20 bits per heavy atom. The number of aryl methyl sites for hydroxylation is 1. The minimum Gasteiger partial charge on any atom is -0.464 e. The average molecular weight is 268 g/mol. The Labute approximate surface area is 116 Å². The van der Waals surface area contributed by atoms with Gasteiger partial charge in [0, 0.05) is 5.39 Å². The summed E-state index contributed by atoms with van der Waals surface area (Å²) in [5, 5.41) is 4.87. The van der Waals surface area contributed by atoms with Gasteiger partial charge in [-0.05, 0) is 43.5 Å². The van der Waals surface area contributed by atoms with E-state index in [9.17, 15) is 4.79 Å². The van der Waals surface area contributed by atoms with Crippen molar-refractivity contribution < 1.29 is 4.42 Å². The Bertz CT molecular complexity index is 801. The zero-order valence-electron chi connectivity index (χ0n) is 11.4. The molecule has 0 aliphatic heterocycles.